The van der Waals surface area contributed by atoms with E-state index < -0.39 is 28.9 Å². The minimum Gasteiger partial charge on any atom is -0.365 e. The zero-order valence-electron chi connectivity index (χ0n) is 20.0. The third-order valence-corrected chi connectivity index (χ3v) is 6.88. The van der Waals surface area contributed by atoms with Crippen molar-refractivity contribution in [3.63, 3.8) is 0 Å². The number of aromatic nitrogens is 5. The summed E-state index contributed by atoms with van der Waals surface area (Å²) in [6.45, 7) is 5.68. The molecule has 15 heteroatoms. The van der Waals surface area contributed by atoms with Crippen molar-refractivity contribution < 1.29 is 23.3 Å². The normalized spacial score (nSPS) is 11.4. The largest absolute Gasteiger partial charge is 0.365 e. The summed E-state index contributed by atoms with van der Waals surface area (Å²) >= 11 is 0.803. The van der Waals surface area contributed by atoms with Gasteiger partial charge in [0.15, 0.2) is 0 Å². The first kappa shape index (κ1) is 25.8. The third kappa shape index (κ3) is 4.89. The number of hydrogen-bond acceptors (Lipinski definition) is 8. The minimum atomic E-state index is -2.87. The van der Waals surface area contributed by atoms with Gasteiger partial charge in [-0.1, -0.05) is 0 Å². The minimum absolute atomic E-state index is 0.0303. The molecule has 4 aromatic rings. The lowest BCUT2D eigenvalue weighted by Gasteiger charge is -2.11. The second kappa shape index (κ2) is 10.0. The van der Waals surface area contributed by atoms with Gasteiger partial charge < -0.3 is 11.1 Å². The van der Waals surface area contributed by atoms with Crippen molar-refractivity contribution in [3.8, 4) is 11.1 Å². The lowest BCUT2D eigenvalue weighted by Crippen LogP contribution is -2.18. The summed E-state index contributed by atoms with van der Waals surface area (Å²) in [5.74, 6) is -1.40. The molecule has 0 saturated carbocycles. The fraction of sp³-hybridized carbons (Fsp3) is 0.318. The second-order valence-corrected chi connectivity index (χ2v) is 9.12. The average Bonchev–Trinajstić information content (AvgIpc) is 3.52. The van der Waals surface area contributed by atoms with E-state index >= 15 is 0 Å². The molecule has 4 aromatic heterocycles. The lowest BCUT2D eigenvalue weighted by molar-refractivity contribution is -0.385. The van der Waals surface area contributed by atoms with Gasteiger partial charge in [0.1, 0.15) is 27.3 Å². The molecular formula is C22H22F2N8O4S. The number of carbonyl (C=O) groups excluding carboxylic acids is 2. The number of carbonyl (C=O) groups is 2. The van der Waals surface area contributed by atoms with Crippen molar-refractivity contribution in [1.82, 2.24) is 24.5 Å². The second-order valence-electron chi connectivity index (χ2n) is 8.12. The Morgan fingerprint density at radius 1 is 1.30 bits per heavy atom. The molecule has 0 unspecified atom stereocenters. The molecule has 0 bridgehead atoms. The van der Waals surface area contributed by atoms with Crippen LogP contribution in [0.3, 0.4) is 0 Å². The highest BCUT2D eigenvalue weighted by Crippen LogP contribution is 2.43. The molecule has 4 rings (SSSR count). The first-order valence-electron chi connectivity index (χ1n) is 11.1. The molecule has 0 aromatic carbocycles. The van der Waals surface area contributed by atoms with Crippen LogP contribution in [0.5, 0.6) is 0 Å². The van der Waals surface area contributed by atoms with E-state index in [9.17, 15) is 28.5 Å². The zero-order valence-corrected chi connectivity index (χ0v) is 20.8. The molecule has 0 saturated heterocycles. The summed E-state index contributed by atoms with van der Waals surface area (Å²) in [6, 6.07) is 1.22. The molecule has 12 nitrogen and oxygen atoms in total. The summed E-state index contributed by atoms with van der Waals surface area (Å²) in [7, 11) is 0. The number of halogens is 2. The van der Waals surface area contributed by atoms with Crippen LogP contribution in [0, 0.1) is 24.0 Å². The summed E-state index contributed by atoms with van der Waals surface area (Å²) < 4.78 is 30.4. The average molecular weight is 533 g/mol. The molecule has 0 atom stereocenters. The molecule has 2 amide bonds. The maximum absolute atomic E-state index is 13.7. The van der Waals surface area contributed by atoms with E-state index in [0.29, 0.717) is 28.8 Å². The van der Waals surface area contributed by atoms with Crippen LogP contribution in [0.1, 0.15) is 46.5 Å². The maximum atomic E-state index is 13.7. The summed E-state index contributed by atoms with van der Waals surface area (Å²) in [4.78, 5) is 39.7. The van der Waals surface area contributed by atoms with Crippen molar-refractivity contribution >= 4 is 44.7 Å². The van der Waals surface area contributed by atoms with E-state index in [-0.39, 0.29) is 39.7 Å². The number of nitrogens with one attached hydrogen (secondary N) is 1. The van der Waals surface area contributed by atoms with E-state index in [4.69, 9.17) is 5.73 Å². The van der Waals surface area contributed by atoms with Crippen molar-refractivity contribution in [1.29, 1.82) is 0 Å². The monoisotopic (exact) mass is 532 g/mol. The molecule has 3 N–H and O–H groups in total. The van der Waals surface area contributed by atoms with Gasteiger partial charge in [0.25, 0.3) is 12.3 Å². The van der Waals surface area contributed by atoms with Gasteiger partial charge in [-0.2, -0.15) is 10.2 Å². The van der Waals surface area contributed by atoms with Gasteiger partial charge in [0, 0.05) is 30.1 Å². The van der Waals surface area contributed by atoms with Crippen LogP contribution in [0.15, 0.2) is 18.5 Å². The number of nitrogens with two attached hydrogens (primary N) is 1. The molecule has 0 aliphatic carbocycles. The van der Waals surface area contributed by atoms with Gasteiger partial charge in [0.05, 0.1) is 22.8 Å². The fourth-order valence-corrected chi connectivity index (χ4v) is 4.94. The van der Waals surface area contributed by atoms with Crippen LogP contribution >= 0.6 is 11.3 Å². The third-order valence-electron chi connectivity index (χ3n) is 5.78. The number of primary amides is 1. The van der Waals surface area contributed by atoms with E-state index in [1.807, 2.05) is 6.92 Å². The van der Waals surface area contributed by atoms with E-state index in [2.05, 4.69) is 20.5 Å². The maximum Gasteiger partial charge on any atom is 0.309 e. The summed E-state index contributed by atoms with van der Waals surface area (Å²) in [5, 5.41) is 22.3. The number of nitro groups is 1. The molecule has 37 heavy (non-hydrogen) atoms. The highest BCUT2D eigenvalue weighted by molar-refractivity contribution is 7.21. The van der Waals surface area contributed by atoms with Crippen LogP contribution in [-0.4, -0.2) is 41.3 Å². The number of pyridine rings is 1. The lowest BCUT2D eigenvalue weighted by atomic mass is 10.0. The molecule has 0 fully saturated rings. The predicted molar refractivity (Wildman–Crippen MR) is 132 cm³/mol. The number of rotatable bonds is 9. The highest BCUT2D eigenvalue weighted by atomic mass is 32.1. The number of thiophene rings is 1. The number of nitrogens with zero attached hydrogens (tertiary/aromatic N) is 6. The van der Waals surface area contributed by atoms with Gasteiger partial charge in [-0.25, -0.2) is 13.8 Å². The Morgan fingerprint density at radius 3 is 2.59 bits per heavy atom. The van der Waals surface area contributed by atoms with Gasteiger partial charge in [0.2, 0.25) is 5.91 Å². The standard InChI is InChI=1S/C22H22F2N8O4S/c1-4-30-9-13(10(2)29-30)12-7-14(20(23)24)27-22-17(12)18(19(37-22)21(25)34)28-16(33)5-6-31-11(3)15(8-26-31)32(35)36/h7-9,20H,4-6H2,1-3H3,(H2,25,34)(H,28,33). The number of anilines is 1. The van der Waals surface area contributed by atoms with Crippen molar-refractivity contribution in [2.45, 2.75) is 46.7 Å². The Labute approximate surface area is 212 Å². The first-order valence-corrected chi connectivity index (χ1v) is 11.9. The molecule has 194 valence electrons. The number of alkyl halides is 2. The molecule has 4 heterocycles. The SMILES string of the molecule is CCn1cc(-c2cc(C(F)F)nc3sc(C(N)=O)c(NC(=O)CCn4ncc([N+](=O)[O-])c4C)c23)c(C)n1. The quantitative estimate of drug-likeness (QED) is 0.243. The van der Waals surface area contributed by atoms with Gasteiger partial charge in [-0.15, -0.1) is 11.3 Å². The Hall–Kier alpha value is -4.27. The Bertz CT molecular complexity index is 1540. The Kier molecular flexibility index (Phi) is 6.98. The van der Waals surface area contributed by atoms with Crippen LogP contribution in [0.4, 0.5) is 20.2 Å². The van der Waals surface area contributed by atoms with Crippen molar-refractivity contribution in [2.24, 2.45) is 5.73 Å². The zero-order chi connectivity index (χ0) is 27.0. The van der Waals surface area contributed by atoms with E-state index in [1.165, 1.54) is 17.7 Å². The van der Waals surface area contributed by atoms with Crippen LogP contribution in [-0.2, 0) is 17.9 Å². The molecular weight excluding hydrogens is 510 g/mol. The van der Waals surface area contributed by atoms with E-state index in [1.54, 1.807) is 17.8 Å². The molecule has 0 aliphatic rings. The first-order chi connectivity index (χ1) is 17.5. The van der Waals surface area contributed by atoms with Gasteiger partial charge in [-0.05, 0) is 32.4 Å². The number of amides is 2. The Balaban J connectivity index is 1.77. The van der Waals surface area contributed by atoms with E-state index in [0.717, 1.165) is 17.5 Å². The van der Waals surface area contributed by atoms with Crippen LogP contribution < -0.4 is 11.1 Å². The topological polar surface area (TPSA) is 164 Å². The van der Waals surface area contributed by atoms with Crippen molar-refractivity contribution in [3.05, 3.63) is 50.5 Å². The molecule has 0 radical (unpaired) electrons. The Morgan fingerprint density at radius 2 is 2.03 bits per heavy atom. The van der Waals surface area contributed by atoms with Gasteiger partial charge in [-0.3, -0.25) is 29.1 Å². The summed E-state index contributed by atoms with van der Waals surface area (Å²) in [5.41, 5.74) is 6.68. The fourth-order valence-electron chi connectivity index (χ4n) is 3.93. The predicted octanol–water partition coefficient (Wildman–Crippen LogP) is 3.97. The van der Waals surface area contributed by atoms with Crippen LogP contribution in [0.25, 0.3) is 21.3 Å². The molecule has 0 spiro atoms. The molecule has 0 aliphatic heterocycles. The number of aryl methyl sites for hydroxylation is 3. The number of hydrogen-bond donors (Lipinski definition) is 2. The highest BCUT2D eigenvalue weighted by Gasteiger charge is 2.26. The van der Waals surface area contributed by atoms with Gasteiger partial charge >= 0.3 is 5.69 Å². The number of fused-ring (bicyclic) bond motifs is 1. The van der Waals surface area contributed by atoms with Crippen LogP contribution in [0.2, 0.25) is 0 Å². The smallest absolute Gasteiger partial charge is 0.309 e. The van der Waals surface area contributed by atoms with Crippen molar-refractivity contribution in [2.75, 3.05) is 5.32 Å². The summed E-state index contributed by atoms with van der Waals surface area (Å²) in [6.07, 6.45) is -0.217.